The second-order valence-electron chi connectivity index (χ2n) is 6.67. The molecule has 0 aromatic rings. The molecule has 0 saturated carbocycles. The van der Waals surface area contributed by atoms with Crippen molar-refractivity contribution in [2.45, 2.75) is 70.2 Å². The van der Waals surface area contributed by atoms with Gasteiger partial charge in [0.05, 0.1) is 12.4 Å². The van der Waals surface area contributed by atoms with Gasteiger partial charge in [-0.15, -0.1) is 0 Å². The number of rotatable bonds is 2. The maximum absolute atomic E-state index is 12.2. The van der Waals surface area contributed by atoms with Gasteiger partial charge in [-0.2, -0.15) is 8.42 Å². The Labute approximate surface area is 120 Å². The molecular weight excluding hydrogens is 282 g/mol. The van der Waals surface area contributed by atoms with E-state index in [0.717, 1.165) is 19.1 Å². The molecule has 1 unspecified atom stereocenters. The summed E-state index contributed by atoms with van der Waals surface area (Å²) in [5.74, 6) is 0. The monoisotopic (exact) mass is 305 g/mol. The zero-order valence-corrected chi connectivity index (χ0v) is 13.3. The lowest BCUT2D eigenvalue weighted by Crippen LogP contribution is -2.50. The van der Waals surface area contributed by atoms with E-state index in [1.54, 1.807) is 4.90 Å². The minimum Gasteiger partial charge on any atom is -0.444 e. The highest BCUT2D eigenvalue weighted by atomic mass is 32.2. The number of amides is 1. The Hall–Kier alpha value is -0.820. The summed E-state index contributed by atoms with van der Waals surface area (Å²) in [6, 6.07) is 0.0469. The lowest BCUT2D eigenvalue weighted by Gasteiger charge is -2.38. The van der Waals surface area contributed by atoms with Crippen LogP contribution < -0.4 is 0 Å². The second-order valence-corrected chi connectivity index (χ2v) is 8.27. The number of piperidine rings is 1. The molecular formula is C13H23NO5S. The summed E-state index contributed by atoms with van der Waals surface area (Å²) >= 11 is 0. The van der Waals surface area contributed by atoms with Gasteiger partial charge < -0.3 is 9.64 Å². The molecule has 2 aliphatic heterocycles. The molecule has 2 bridgehead atoms. The van der Waals surface area contributed by atoms with Gasteiger partial charge in [0.15, 0.2) is 0 Å². The molecule has 0 spiro atoms. The Morgan fingerprint density at radius 3 is 2.05 bits per heavy atom. The maximum atomic E-state index is 12.2. The fraction of sp³-hybridized carbons (Fsp3) is 0.923. The summed E-state index contributed by atoms with van der Waals surface area (Å²) in [6.07, 6.45) is 3.32. The van der Waals surface area contributed by atoms with Crippen LogP contribution in [-0.2, 0) is 19.0 Å². The predicted molar refractivity (Wildman–Crippen MR) is 73.8 cm³/mol. The van der Waals surface area contributed by atoms with Gasteiger partial charge in [0.2, 0.25) is 0 Å². The first kappa shape index (κ1) is 15.6. The predicted octanol–water partition coefficient (Wildman–Crippen LogP) is 1.89. The molecule has 0 aromatic carbocycles. The molecule has 116 valence electrons. The smallest absolute Gasteiger partial charge is 0.410 e. The average molecular weight is 305 g/mol. The number of hydrogen-bond acceptors (Lipinski definition) is 5. The summed E-state index contributed by atoms with van der Waals surface area (Å²) in [5.41, 5.74) is -0.517. The number of carbonyl (C=O) groups is 1. The van der Waals surface area contributed by atoms with E-state index in [2.05, 4.69) is 0 Å². The first-order valence-electron chi connectivity index (χ1n) is 6.95. The third-order valence-electron chi connectivity index (χ3n) is 3.61. The maximum Gasteiger partial charge on any atom is 0.410 e. The molecule has 20 heavy (non-hydrogen) atoms. The normalized spacial score (nSPS) is 30.4. The van der Waals surface area contributed by atoms with Crippen molar-refractivity contribution in [3.05, 3.63) is 0 Å². The van der Waals surface area contributed by atoms with Crippen molar-refractivity contribution in [3.8, 4) is 0 Å². The summed E-state index contributed by atoms with van der Waals surface area (Å²) < 4.78 is 32.9. The Kier molecular flexibility index (Phi) is 4.03. The third-order valence-corrected chi connectivity index (χ3v) is 4.23. The molecule has 0 N–H and O–H groups in total. The van der Waals surface area contributed by atoms with E-state index in [-0.39, 0.29) is 24.3 Å². The molecule has 0 aromatic heterocycles. The van der Waals surface area contributed by atoms with Crippen LogP contribution in [0.5, 0.6) is 0 Å². The van der Waals surface area contributed by atoms with Crippen molar-refractivity contribution in [1.82, 2.24) is 4.90 Å². The molecule has 7 heteroatoms. The Bertz CT molecular complexity index is 467. The van der Waals surface area contributed by atoms with Crippen LogP contribution in [0.25, 0.3) is 0 Å². The molecule has 2 fully saturated rings. The van der Waals surface area contributed by atoms with Crippen LogP contribution in [0.15, 0.2) is 0 Å². The first-order valence-corrected chi connectivity index (χ1v) is 8.76. The number of ether oxygens (including phenoxy) is 1. The van der Waals surface area contributed by atoms with Crippen molar-refractivity contribution < 1.29 is 22.1 Å². The number of nitrogens with zero attached hydrogens (tertiary/aromatic N) is 1. The molecule has 0 aliphatic carbocycles. The molecule has 1 amide bonds. The summed E-state index contributed by atoms with van der Waals surface area (Å²) in [7, 11) is -3.44. The number of fused-ring (bicyclic) bond motifs is 2. The van der Waals surface area contributed by atoms with Crippen LogP contribution in [0.3, 0.4) is 0 Å². The van der Waals surface area contributed by atoms with E-state index in [4.69, 9.17) is 8.92 Å². The zero-order chi connectivity index (χ0) is 15.1. The number of hydrogen-bond donors (Lipinski definition) is 0. The highest BCUT2D eigenvalue weighted by molar-refractivity contribution is 7.86. The SMILES string of the molecule is CC(C)(C)OC(=O)N1C2CC[C@@H]1C[C@@H](OS(C)(=O)=O)C2. The zero-order valence-electron chi connectivity index (χ0n) is 12.5. The van der Waals surface area contributed by atoms with E-state index in [1.165, 1.54) is 0 Å². The van der Waals surface area contributed by atoms with Crippen molar-refractivity contribution in [2.24, 2.45) is 0 Å². The standard InChI is InChI=1S/C13H23NO5S/c1-13(2,3)18-12(15)14-9-5-6-10(14)8-11(7-9)19-20(4,16)17/h9-11H,5-8H2,1-4H3/t9-,10?,11-/m1/s1. The highest BCUT2D eigenvalue weighted by Crippen LogP contribution is 2.38. The van der Waals surface area contributed by atoms with E-state index in [0.29, 0.717) is 12.8 Å². The topological polar surface area (TPSA) is 72.9 Å². The lowest BCUT2D eigenvalue weighted by atomic mass is 10.0. The van der Waals surface area contributed by atoms with Gasteiger partial charge in [0, 0.05) is 12.1 Å². The summed E-state index contributed by atoms with van der Waals surface area (Å²) in [6.45, 7) is 5.52. The van der Waals surface area contributed by atoms with Gasteiger partial charge in [0.1, 0.15) is 5.60 Å². The Balaban J connectivity index is 2.02. The van der Waals surface area contributed by atoms with Gasteiger partial charge in [0.25, 0.3) is 10.1 Å². The number of carbonyl (C=O) groups excluding carboxylic acids is 1. The lowest BCUT2D eigenvalue weighted by molar-refractivity contribution is -0.00599. The fourth-order valence-electron chi connectivity index (χ4n) is 3.07. The van der Waals surface area contributed by atoms with Crippen LogP contribution >= 0.6 is 0 Å². The van der Waals surface area contributed by atoms with Gasteiger partial charge in [-0.3, -0.25) is 4.18 Å². The van der Waals surface area contributed by atoms with Gasteiger partial charge in [-0.25, -0.2) is 4.79 Å². The Morgan fingerprint density at radius 1 is 1.15 bits per heavy atom. The van der Waals surface area contributed by atoms with E-state index < -0.39 is 15.7 Å². The average Bonchev–Trinajstić information content (AvgIpc) is 2.46. The molecule has 2 saturated heterocycles. The van der Waals surface area contributed by atoms with Crippen LogP contribution in [0, 0.1) is 0 Å². The molecule has 0 radical (unpaired) electrons. The van der Waals surface area contributed by atoms with Crippen LogP contribution in [-0.4, -0.2) is 49.5 Å². The van der Waals surface area contributed by atoms with Crippen LogP contribution in [0.4, 0.5) is 4.79 Å². The highest BCUT2D eigenvalue weighted by Gasteiger charge is 2.45. The minimum atomic E-state index is -3.44. The molecule has 6 nitrogen and oxygen atoms in total. The summed E-state index contributed by atoms with van der Waals surface area (Å²) in [4.78, 5) is 14.0. The van der Waals surface area contributed by atoms with E-state index >= 15 is 0 Å². The summed E-state index contributed by atoms with van der Waals surface area (Å²) in [5, 5.41) is 0. The molecule has 3 atom stereocenters. The van der Waals surface area contributed by atoms with Crippen molar-refractivity contribution in [3.63, 3.8) is 0 Å². The van der Waals surface area contributed by atoms with Gasteiger partial charge in [-0.05, 0) is 46.5 Å². The largest absolute Gasteiger partial charge is 0.444 e. The van der Waals surface area contributed by atoms with Gasteiger partial charge >= 0.3 is 6.09 Å². The van der Waals surface area contributed by atoms with E-state index in [9.17, 15) is 13.2 Å². The third kappa shape index (κ3) is 3.85. The Morgan fingerprint density at radius 2 is 1.65 bits per heavy atom. The van der Waals surface area contributed by atoms with Gasteiger partial charge in [-0.1, -0.05) is 0 Å². The molecule has 2 rings (SSSR count). The molecule has 2 aliphatic rings. The van der Waals surface area contributed by atoms with Crippen molar-refractivity contribution in [2.75, 3.05) is 6.26 Å². The van der Waals surface area contributed by atoms with Crippen LogP contribution in [0.2, 0.25) is 0 Å². The first-order chi connectivity index (χ1) is 9.05. The quantitative estimate of drug-likeness (QED) is 0.728. The fourth-order valence-corrected chi connectivity index (χ4v) is 3.72. The second kappa shape index (κ2) is 5.18. The van der Waals surface area contributed by atoms with E-state index in [1.807, 2.05) is 20.8 Å². The van der Waals surface area contributed by atoms with Crippen LogP contribution in [0.1, 0.15) is 46.5 Å². The minimum absolute atomic E-state index is 0.0235. The molecule has 2 heterocycles. The van der Waals surface area contributed by atoms with Crippen molar-refractivity contribution in [1.29, 1.82) is 0 Å². The van der Waals surface area contributed by atoms with Crippen molar-refractivity contribution >= 4 is 16.2 Å².